The Bertz CT molecular complexity index is 574. The number of benzene rings is 1. The van der Waals surface area contributed by atoms with Gasteiger partial charge in [-0.3, -0.25) is 9.79 Å². The Labute approximate surface area is 180 Å². The lowest BCUT2D eigenvalue weighted by molar-refractivity contribution is -0.140. The van der Waals surface area contributed by atoms with Crippen molar-refractivity contribution in [2.45, 2.75) is 57.3 Å². The van der Waals surface area contributed by atoms with E-state index in [-0.39, 0.29) is 35.4 Å². The Balaban J connectivity index is 0.00000364. The zero-order valence-corrected chi connectivity index (χ0v) is 19.0. The summed E-state index contributed by atoms with van der Waals surface area (Å²) in [6, 6.07) is 10.8. The highest BCUT2D eigenvalue weighted by Crippen LogP contribution is 2.43. The first kappa shape index (κ1) is 23.7. The molecule has 0 heterocycles. The van der Waals surface area contributed by atoms with Gasteiger partial charge in [0.05, 0.1) is 13.7 Å². The number of nitrogens with one attached hydrogen (secondary N) is 2. The highest BCUT2D eigenvalue weighted by Gasteiger charge is 2.38. The second-order valence-electron chi connectivity index (χ2n) is 7.01. The van der Waals surface area contributed by atoms with E-state index in [4.69, 9.17) is 4.99 Å². The molecule has 0 radical (unpaired) electrons. The Kier molecular flexibility index (Phi) is 11.4. The number of carbonyl (C=O) groups excluding carboxylic acids is 1. The van der Waals surface area contributed by atoms with Gasteiger partial charge in [-0.25, -0.2) is 0 Å². The van der Waals surface area contributed by atoms with E-state index in [9.17, 15) is 4.79 Å². The molecule has 1 fully saturated rings. The summed E-state index contributed by atoms with van der Waals surface area (Å²) in [7, 11) is 1.44. The number of nitrogens with zero attached hydrogens (tertiary/aromatic N) is 1. The predicted octanol–water partition coefficient (Wildman–Crippen LogP) is 4.01. The Morgan fingerprint density at radius 3 is 2.48 bits per heavy atom. The molecule has 1 saturated carbocycles. The zero-order valence-electron chi connectivity index (χ0n) is 16.6. The Morgan fingerprint density at radius 1 is 1.15 bits per heavy atom. The van der Waals surface area contributed by atoms with Crippen LogP contribution in [-0.4, -0.2) is 38.7 Å². The van der Waals surface area contributed by atoms with Crippen LogP contribution in [0.15, 0.2) is 35.3 Å². The van der Waals surface area contributed by atoms with Crippen LogP contribution >= 0.6 is 24.0 Å². The molecule has 1 aromatic rings. The van der Waals surface area contributed by atoms with Crippen LogP contribution in [0.25, 0.3) is 0 Å². The molecule has 0 aliphatic heterocycles. The van der Waals surface area contributed by atoms with Gasteiger partial charge in [0.2, 0.25) is 0 Å². The first-order chi connectivity index (χ1) is 12.7. The minimum absolute atomic E-state index is 0. The van der Waals surface area contributed by atoms with Gasteiger partial charge in [0.15, 0.2) is 5.96 Å². The van der Waals surface area contributed by atoms with E-state index in [0.717, 1.165) is 44.9 Å². The van der Waals surface area contributed by atoms with E-state index < -0.39 is 0 Å². The third kappa shape index (κ3) is 7.68. The molecule has 1 aromatic carbocycles. The fourth-order valence-electron chi connectivity index (χ4n) is 3.39. The average molecular weight is 487 g/mol. The highest BCUT2D eigenvalue weighted by molar-refractivity contribution is 14.0. The van der Waals surface area contributed by atoms with Gasteiger partial charge in [-0.05, 0) is 38.2 Å². The number of rotatable bonds is 10. The summed E-state index contributed by atoms with van der Waals surface area (Å²) >= 11 is 0. The van der Waals surface area contributed by atoms with E-state index >= 15 is 0 Å². The molecule has 0 atom stereocenters. The van der Waals surface area contributed by atoms with Crippen molar-refractivity contribution in [1.82, 2.24) is 10.6 Å². The summed E-state index contributed by atoms with van der Waals surface area (Å²) in [6.07, 6.45) is 7.12. The summed E-state index contributed by atoms with van der Waals surface area (Å²) in [6.45, 7) is 4.64. The van der Waals surface area contributed by atoms with Gasteiger partial charge in [0, 0.05) is 24.9 Å². The van der Waals surface area contributed by atoms with Gasteiger partial charge in [0.25, 0.3) is 0 Å². The number of aliphatic imine (C=N–C) groups is 1. The largest absolute Gasteiger partial charge is 0.469 e. The molecule has 0 aromatic heterocycles. The molecular weight excluding hydrogens is 453 g/mol. The quantitative estimate of drug-likeness (QED) is 0.172. The number of methoxy groups -OCH3 is 1. The predicted molar refractivity (Wildman–Crippen MR) is 122 cm³/mol. The minimum Gasteiger partial charge on any atom is -0.469 e. The molecule has 27 heavy (non-hydrogen) atoms. The third-order valence-corrected chi connectivity index (χ3v) is 5.16. The van der Waals surface area contributed by atoms with Crippen molar-refractivity contribution in [3.63, 3.8) is 0 Å². The van der Waals surface area contributed by atoms with E-state index in [2.05, 4.69) is 52.6 Å². The van der Waals surface area contributed by atoms with Crippen LogP contribution in [0.2, 0.25) is 0 Å². The number of esters is 1. The van der Waals surface area contributed by atoms with Crippen LogP contribution < -0.4 is 10.6 Å². The van der Waals surface area contributed by atoms with Crippen molar-refractivity contribution in [2.24, 2.45) is 4.99 Å². The molecule has 0 amide bonds. The van der Waals surface area contributed by atoms with Crippen molar-refractivity contribution >= 4 is 35.9 Å². The molecule has 0 saturated heterocycles. The summed E-state index contributed by atoms with van der Waals surface area (Å²) in [5.74, 6) is 0.766. The SMILES string of the molecule is CCNC(=NCC1(c2ccccc2)CCC1)NCCCCCC(=O)OC.I. The lowest BCUT2D eigenvalue weighted by Gasteiger charge is -2.41. The van der Waals surface area contributed by atoms with Crippen LogP contribution in [0.3, 0.4) is 0 Å². The maximum Gasteiger partial charge on any atom is 0.305 e. The molecule has 152 valence electrons. The van der Waals surface area contributed by atoms with Crippen molar-refractivity contribution in [3.8, 4) is 0 Å². The van der Waals surface area contributed by atoms with Gasteiger partial charge in [-0.1, -0.05) is 43.2 Å². The molecule has 2 N–H and O–H groups in total. The van der Waals surface area contributed by atoms with Crippen LogP contribution in [0, 0.1) is 0 Å². The van der Waals surface area contributed by atoms with Gasteiger partial charge < -0.3 is 15.4 Å². The smallest absolute Gasteiger partial charge is 0.305 e. The summed E-state index contributed by atoms with van der Waals surface area (Å²) in [5.41, 5.74) is 1.62. The molecule has 5 nitrogen and oxygen atoms in total. The molecule has 6 heteroatoms. The van der Waals surface area contributed by atoms with Gasteiger partial charge in [0.1, 0.15) is 0 Å². The molecule has 0 spiro atoms. The lowest BCUT2D eigenvalue weighted by atomic mass is 9.64. The average Bonchev–Trinajstić information content (AvgIpc) is 2.64. The molecule has 2 rings (SSSR count). The summed E-state index contributed by atoms with van der Waals surface area (Å²) < 4.78 is 4.66. The molecule has 0 unspecified atom stereocenters. The minimum atomic E-state index is -0.125. The number of unbranched alkanes of at least 4 members (excludes halogenated alkanes) is 2. The van der Waals surface area contributed by atoms with E-state index in [1.54, 1.807) is 0 Å². The maximum atomic E-state index is 11.1. The fraction of sp³-hybridized carbons (Fsp3) is 0.619. The second kappa shape index (κ2) is 13.0. The topological polar surface area (TPSA) is 62.7 Å². The van der Waals surface area contributed by atoms with Crippen molar-refractivity contribution in [3.05, 3.63) is 35.9 Å². The fourth-order valence-corrected chi connectivity index (χ4v) is 3.39. The first-order valence-electron chi connectivity index (χ1n) is 9.85. The molecule has 0 bridgehead atoms. The third-order valence-electron chi connectivity index (χ3n) is 5.16. The van der Waals surface area contributed by atoms with Gasteiger partial charge in [-0.2, -0.15) is 0 Å². The zero-order chi connectivity index (χ0) is 18.7. The highest BCUT2D eigenvalue weighted by atomic mass is 127. The lowest BCUT2D eigenvalue weighted by Crippen LogP contribution is -2.42. The van der Waals surface area contributed by atoms with Gasteiger partial charge in [-0.15, -0.1) is 24.0 Å². The summed E-state index contributed by atoms with van der Waals surface area (Å²) in [5, 5.41) is 6.76. The van der Waals surface area contributed by atoms with E-state index in [0.29, 0.717) is 6.42 Å². The molecule has 1 aliphatic rings. The molecule has 1 aliphatic carbocycles. The van der Waals surface area contributed by atoms with E-state index in [1.807, 2.05) is 0 Å². The van der Waals surface area contributed by atoms with Crippen LogP contribution in [0.4, 0.5) is 0 Å². The number of carbonyl (C=O) groups is 1. The van der Waals surface area contributed by atoms with Crippen molar-refractivity contribution in [2.75, 3.05) is 26.7 Å². The normalized spacial score (nSPS) is 15.3. The second-order valence-corrected chi connectivity index (χ2v) is 7.01. The number of hydrogen-bond donors (Lipinski definition) is 2. The number of ether oxygens (including phenoxy) is 1. The standard InChI is InChI=1S/C21H33N3O2.HI/c1-3-22-20(23-16-9-5-8-13-19(25)26-2)24-17-21(14-10-15-21)18-11-6-4-7-12-18;/h4,6-7,11-12H,3,5,8-10,13-17H2,1-2H3,(H2,22,23,24);1H. The Hall–Kier alpha value is -1.31. The van der Waals surface area contributed by atoms with Crippen LogP contribution in [-0.2, 0) is 14.9 Å². The van der Waals surface area contributed by atoms with Crippen LogP contribution in [0.1, 0.15) is 57.4 Å². The maximum absolute atomic E-state index is 11.1. The monoisotopic (exact) mass is 487 g/mol. The first-order valence-corrected chi connectivity index (χ1v) is 9.85. The number of hydrogen-bond acceptors (Lipinski definition) is 3. The Morgan fingerprint density at radius 2 is 1.89 bits per heavy atom. The van der Waals surface area contributed by atoms with Gasteiger partial charge >= 0.3 is 5.97 Å². The number of halogens is 1. The van der Waals surface area contributed by atoms with Crippen molar-refractivity contribution in [1.29, 1.82) is 0 Å². The van der Waals surface area contributed by atoms with Crippen LogP contribution in [0.5, 0.6) is 0 Å². The van der Waals surface area contributed by atoms with Crippen molar-refractivity contribution < 1.29 is 9.53 Å². The summed E-state index contributed by atoms with van der Waals surface area (Å²) in [4.78, 5) is 16.0. The van der Waals surface area contributed by atoms with E-state index in [1.165, 1.54) is 31.9 Å². The molecular formula is C21H34IN3O2. The number of guanidine groups is 1.